The largest absolute Gasteiger partial charge is 0.468 e. The Morgan fingerprint density at radius 1 is 1.41 bits per heavy atom. The smallest absolute Gasteiger partial charge is 0.193 e. The van der Waals surface area contributed by atoms with Crippen LogP contribution in [0.2, 0.25) is 0 Å². The van der Waals surface area contributed by atoms with Crippen molar-refractivity contribution in [3.05, 3.63) is 40.2 Å². The van der Waals surface area contributed by atoms with Crippen molar-refractivity contribution in [3.8, 4) is 0 Å². The number of ether oxygens (including phenoxy) is 1. The van der Waals surface area contributed by atoms with Crippen molar-refractivity contribution >= 4 is 41.3 Å². The van der Waals surface area contributed by atoms with Crippen molar-refractivity contribution < 1.29 is 9.15 Å². The number of guanidine groups is 1. The van der Waals surface area contributed by atoms with Gasteiger partial charge in [0, 0.05) is 33.1 Å². The lowest BCUT2D eigenvalue weighted by atomic mass is 10.2. The molecule has 9 heteroatoms. The Morgan fingerprint density at radius 3 is 2.70 bits per heavy atom. The second-order valence-electron chi connectivity index (χ2n) is 6.33. The Balaban J connectivity index is 0.00000364. The van der Waals surface area contributed by atoms with Gasteiger partial charge in [0.2, 0.25) is 0 Å². The van der Waals surface area contributed by atoms with E-state index in [-0.39, 0.29) is 36.1 Å². The lowest BCUT2D eigenvalue weighted by Crippen LogP contribution is -2.42. The SMILES string of the molecule is CN=C(NCC(c1ccco1)N(C)C)N(C)Cc1csc(C(C)OC)n1.I. The van der Waals surface area contributed by atoms with E-state index in [1.54, 1.807) is 31.8 Å². The van der Waals surface area contributed by atoms with Crippen molar-refractivity contribution in [1.82, 2.24) is 20.1 Å². The molecule has 2 rings (SSSR count). The average Bonchev–Trinajstić information content (AvgIpc) is 3.29. The highest BCUT2D eigenvalue weighted by Crippen LogP contribution is 2.21. The zero-order valence-corrected chi connectivity index (χ0v) is 19.9. The first-order chi connectivity index (χ1) is 12.5. The van der Waals surface area contributed by atoms with Gasteiger partial charge in [-0.1, -0.05) is 0 Å². The molecular formula is C18H30IN5O2S. The quantitative estimate of drug-likeness (QED) is 0.336. The molecule has 0 amide bonds. The van der Waals surface area contributed by atoms with E-state index in [2.05, 4.69) is 30.5 Å². The van der Waals surface area contributed by atoms with Gasteiger partial charge in [-0.3, -0.25) is 9.89 Å². The van der Waals surface area contributed by atoms with Gasteiger partial charge >= 0.3 is 0 Å². The molecule has 0 bridgehead atoms. The summed E-state index contributed by atoms with van der Waals surface area (Å²) >= 11 is 1.62. The van der Waals surface area contributed by atoms with Crippen molar-refractivity contribution in [2.45, 2.75) is 25.6 Å². The number of aromatic nitrogens is 1. The molecule has 2 atom stereocenters. The van der Waals surface area contributed by atoms with Crippen LogP contribution < -0.4 is 5.32 Å². The predicted molar refractivity (Wildman–Crippen MR) is 121 cm³/mol. The van der Waals surface area contributed by atoms with Crippen molar-refractivity contribution in [1.29, 1.82) is 0 Å². The zero-order chi connectivity index (χ0) is 19.1. The number of nitrogens with one attached hydrogen (secondary N) is 1. The summed E-state index contributed by atoms with van der Waals surface area (Å²) in [5.74, 6) is 1.75. The summed E-state index contributed by atoms with van der Waals surface area (Å²) in [6.07, 6.45) is 1.72. The molecular weight excluding hydrogens is 477 g/mol. The number of likely N-dealkylation sites (N-methyl/N-ethyl adjacent to an activating group) is 1. The van der Waals surface area contributed by atoms with Crippen molar-refractivity contribution in [2.24, 2.45) is 4.99 Å². The van der Waals surface area contributed by atoms with Crippen molar-refractivity contribution in [2.75, 3.05) is 41.8 Å². The molecule has 2 unspecified atom stereocenters. The molecule has 0 aliphatic rings. The maximum absolute atomic E-state index is 5.56. The molecule has 0 saturated carbocycles. The van der Waals surface area contributed by atoms with Gasteiger partial charge in [0.1, 0.15) is 16.9 Å². The number of hydrogen-bond donors (Lipinski definition) is 1. The van der Waals surface area contributed by atoms with Crippen molar-refractivity contribution in [3.63, 3.8) is 0 Å². The molecule has 0 fully saturated rings. The van der Waals surface area contributed by atoms with Crippen LogP contribution in [0.5, 0.6) is 0 Å². The van der Waals surface area contributed by atoms with E-state index < -0.39 is 0 Å². The third-order valence-electron chi connectivity index (χ3n) is 4.19. The van der Waals surface area contributed by atoms with Crippen LogP contribution in [-0.2, 0) is 11.3 Å². The van der Waals surface area contributed by atoms with E-state index in [1.165, 1.54) is 0 Å². The average molecular weight is 507 g/mol. The van der Waals surface area contributed by atoms with E-state index >= 15 is 0 Å². The molecule has 0 spiro atoms. The molecule has 2 heterocycles. The molecule has 27 heavy (non-hydrogen) atoms. The summed E-state index contributed by atoms with van der Waals surface area (Å²) in [5.41, 5.74) is 1.01. The third kappa shape index (κ3) is 6.74. The van der Waals surface area contributed by atoms with Gasteiger partial charge in [0.25, 0.3) is 0 Å². The number of aliphatic imine (C=N–C) groups is 1. The van der Waals surface area contributed by atoms with E-state index in [0.717, 1.165) is 22.4 Å². The molecule has 2 aromatic heterocycles. The van der Waals surface area contributed by atoms with Gasteiger partial charge < -0.3 is 19.4 Å². The molecule has 0 saturated heterocycles. The topological polar surface area (TPSA) is 66.1 Å². The van der Waals surface area contributed by atoms with Crippen LogP contribution in [0.25, 0.3) is 0 Å². The van der Waals surface area contributed by atoms with Gasteiger partial charge in [-0.2, -0.15) is 0 Å². The van der Waals surface area contributed by atoms with E-state index in [4.69, 9.17) is 9.15 Å². The molecule has 0 radical (unpaired) electrons. The maximum Gasteiger partial charge on any atom is 0.193 e. The monoisotopic (exact) mass is 507 g/mol. The molecule has 2 aromatic rings. The fraction of sp³-hybridized carbons (Fsp3) is 0.556. The first-order valence-corrected chi connectivity index (χ1v) is 9.43. The van der Waals surface area contributed by atoms with Crippen LogP contribution in [-0.4, -0.2) is 62.6 Å². The maximum atomic E-state index is 5.56. The highest BCUT2D eigenvalue weighted by atomic mass is 127. The molecule has 1 N–H and O–H groups in total. The second-order valence-corrected chi connectivity index (χ2v) is 7.22. The molecule has 0 aliphatic heterocycles. The summed E-state index contributed by atoms with van der Waals surface area (Å²) in [6.45, 7) is 3.38. The van der Waals surface area contributed by atoms with Gasteiger partial charge in [0.15, 0.2) is 5.96 Å². The molecule has 0 aliphatic carbocycles. The normalized spacial score (nSPS) is 14.0. The van der Waals surface area contributed by atoms with Crippen LogP contribution in [0.1, 0.15) is 35.5 Å². The van der Waals surface area contributed by atoms with Gasteiger partial charge in [-0.25, -0.2) is 4.98 Å². The van der Waals surface area contributed by atoms with Crippen LogP contribution in [0, 0.1) is 0 Å². The predicted octanol–water partition coefficient (Wildman–Crippen LogP) is 3.37. The highest BCUT2D eigenvalue weighted by Gasteiger charge is 2.19. The van der Waals surface area contributed by atoms with Gasteiger partial charge in [-0.15, -0.1) is 35.3 Å². The highest BCUT2D eigenvalue weighted by molar-refractivity contribution is 14.0. The second kappa shape index (κ2) is 11.6. The van der Waals surface area contributed by atoms with E-state index in [1.807, 2.05) is 40.2 Å². The first-order valence-electron chi connectivity index (χ1n) is 8.55. The lowest BCUT2D eigenvalue weighted by Gasteiger charge is -2.26. The molecule has 152 valence electrons. The summed E-state index contributed by atoms with van der Waals surface area (Å²) in [6, 6.07) is 4.03. The standard InChI is InChI=1S/C18H29N5O2S.HI/c1-13(24-6)17-21-14(12-26-17)11-23(5)18(19-2)20-10-15(22(3)4)16-8-7-9-25-16;/h7-9,12-13,15H,10-11H2,1-6H3,(H,19,20);1H. The number of methoxy groups -OCH3 is 1. The number of hydrogen-bond acceptors (Lipinski definition) is 6. The number of furan rings is 1. The minimum Gasteiger partial charge on any atom is -0.468 e. The summed E-state index contributed by atoms with van der Waals surface area (Å²) < 4.78 is 10.9. The minimum atomic E-state index is 0. The van der Waals surface area contributed by atoms with Gasteiger partial charge in [-0.05, 0) is 33.2 Å². The minimum absolute atomic E-state index is 0. The Bertz CT molecular complexity index is 690. The molecule has 0 aromatic carbocycles. The first kappa shape index (κ1) is 23.9. The van der Waals surface area contributed by atoms with Crippen LogP contribution >= 0.6 is 35.3 Å². The van der Waals surface area contributed by atoms with Crippen LogP contribution in [0.3, 0.4) is 0 Å². The fourth-order valence-corrected chi connectivity index (χ4v) is 3.43. The van der Waals surface area contributed by atoms with Crippen LogP contribution in [0.15, 0.2) is 33.2 Å². The third-order valence-corrected chi connectivity index (χ3v) is 5.25. The molecule has 7 nitrogen and oxygen atoms in total. The van der Waals surface area contributed by atoms with E-state index in [0.29, 0.717) is 13.1 Å². The Labute approximate surface area is 182 Å². The van der Waals surface area contributed by atoms with E-state index in [9.17, 15) is 0 Å². The lowest BCUT2D eigenvalue weighted by molar-refractivity contribution is 0.119. The Kier molecular flexibility index (Phi) is 10.3. The Hall–Kier alpha value is -1.17. The number of nitrogens with zero attached hydrogens (tertiary/aromatic N) is 4. The summed E-state index contributed by atoms with van der Waals surface area (Å²) in [7, 11) is 9.57. The fourth-order valence-electron chi connectivity index (χ4n) is 2.59. The Morgan fingerprint density at radius 2 is 2.15 bits per heavy atom. The zero-order valence-electron chi connectivity index (χ0n) is 16.8. The summed E-state index contributed by atoms with van der Waals surface area (Å²) in [4.78, 5) is 13.2. The summed E-state index contributed by atoms with van der Waals surface area (Å²) in [5, 5.41) is 6.48. The number of halogens is 1. The number of thiazole rings is 1. The number of rotatable bonds is 8. The van der Waals surface area contributed by atoms with Crippen LogP contribution in [0.4, 0.5) is 0 Å². The van der Waals surface area contributed by atoms with Gasteiger partial charge in [0.05, 0.1) is 24.5 Å².